The van der Waals surface area contributed by atoms with Crippen LogP contribution in [0.5, 0.6) is 0 Å². The summed E-state index contributed by atoms with van der Waals surface area (Å²) in [6.07, 6.45) is 0.159. The second-order valence-corrected chi connectivity index (χ2v) is 7.27. The van der Waals surface area contributed by atoms with Crippen LogP contribution in [0.3, 0.4) is 0 Å². The van der Waals surface area contributed by atoms with E-state index in [4.69, 9.17) is 5.73 Å². The van der Waals surface area contributed by atoms with Gasteiger partial charge >= 0.3 is 0 Å². The Bertz CT molecular complexity index is 510. The molecule has 0 aliphatic carbocycles. The van der Waals surface area contributed by atoms with Crippen LogP contribution in [-0.4, -0.2) is 32.2 Å². The van der Waals surface area contributed by atoms with E-state index >= 15 is 0 Å². The summed E-state index contributed by atoms with van der Waals surface area (Å²) in [5, 5.41) is 9.25. The standard InChI is InChI=1S/C14H24N2O3S/c1-10(2)8-12-4-6-13(7-5-12)20(18,19)16-9-14(15)11(3)17/h4-7,10-11,14,16-17H,8-9,15H2,1-3H3. The van der Waals surface area contributed by atoms with Crippen LogP contribution >= 0.6 is 0 Å². The second-order valence-electron chi connectivity index (χ2n) is 5.50. The Morgan fingerprint density at radius 3 is 2.20 bits per heavy atom. The molecule has 0 saturated carbocycles. The molecule has 0 aliphatic heterocycles. The van der Waals surface area contributed by atoms with E-state index in [-0.39, 0.29) is 11.4 Å². The molecule has 5 nitrogen and oxygen atoms in total. The van der Waals surface area contributed by atoms with Crippen LogP contribution in [0.2, 0.25) is 0 Å². The van der Waals surface area contributed by atoms with Gasteiger partial charge in [-0.3, -0.25) is 0 Å². The quantitative estimate of drug-likeness (QED) is 0.696. The maximum atomic E-state index is 12.0. The summed E-state index contributed by atoms with van der Waals surface area (Å²) < 4.78 is 26.5. The minimum atomic E-state index is -3.58. The fraction of sp³-hybridized carbons (Fsp3) is 0.571. The van der Waals surface area contributed by atoms with E-state index < -0.39 is 22.2 Å². The van der Waals surface area contributed by atoms with Crippen LogP contribution in [0.4, 0.5) is 0 Å². The predicted molar refractivity (Wildman–Crippen MR) is 79.8 cm³/mol. The molecule has 2 unspecified atom stereocenters. The van der Waals surface area contributed by atoms with Gasteiger partial charge in [0.2, 0.25) is 10.0 Å². The summed E-state index contributed by atoms with van der Waals surface area (Å²) in [7, 11) is -3.58. The van der Waals surface area contributed by atoms with Gasteiger partial charge in [-0.25, -0.2) is 13.1 Å². The molecular formula is C14H24N2O3S. The lowest BCUT2D eigenvalue weighted by atomic mass is 10.0. The largest absolute Gasteiger partial charge is 0.392 e. The van der Waals surface area contributed by atoms with Crippen molar-refractivity contribution >= 4 is 10.0 Å². The van der Waals surface area contributed by atoms with Crippen molar-refractivity contribution in [3.63, 3.8) is 0 Å². The van der Waals surface area contributed by atoms with Gasteiger partial charge in [0.15, 0.2) is 0 Å². The van der Waals surface area contributed by atoms with E-state index in [1.165, 1.54) is 6.92 Å². The molecule has 0 fully saturated rings. The molecule has 0 heterocycles. The fourth-order valence-corrected chi connectivity index (χ4v) is 2.81. The molecule has 0 saturated heterocycles. The van der Waals surface area contributed by atoms with Crippen LogP contribution in [0, 0.1) is 5.92 Å². The smallest absolute Gasteiger partial charge is 0.240 e. The lowest BCUT2D eigenvalue weighted by Crippen LogP contribution is -2.43. The van der Waals surface area contributed by atoms with Crippen molar-refractivity contribution in [2.45, 2.75) is 44.2 Å². The first-order valence-corrected chi connectivity index (χ1v) is 8.23. The number of nitrogens with two attached hydrogens (primary N) is 1. The minimum absolute atomic E-state index is 0.00768. The molecule has 114 valence electrons. The molecule has 0 bridgehead atoms. The van der Waals surface area contributed by atoms with Crippen LogP contribution in [-0.2, 0) is 16.4 Å². The van der Waals surface area contributed by atoms with Crippen molar-refractivity contribution in [1.82, 2.24) is 4.72 Å². The summed E-state index contributed by atoms with van der Waals surface area (Å²) in [6.45, 7) is 5.76. The first-order chi connectivity index (χ1) is 9.22. The van der Waals surface area contributed by atoms with E-state index in [0.29, 0.717) is 5.92 Å². The van der Waals surface area contributed by atoms with Gasteiger partial charge in [-0.15, -0.1) is 0 Å². The Kier molecular flexibility index (Phi) is 6.13. The maximum absolute atomic E-state index is 12.0. The van der Waals surface area contributed by atoms with Gasteiger partial charge in [-0.05, 0) is 37.0 Å². The van der Waals surface area contributed by atoms with Crippen LogP contribution < -0.4 is 10.5 Å². The Morgan fingerprint density at radius 2 is 1.75 bits per heavy atom. The number of rotatable bonds is 7. The highest BCUT2D eigenvalue weighted by Gasteiger charge is 2.17. The third kappa shape index (κ3) is 5.20. The summed E-state index contributed by atoms with van der Waals surface area (Å²) in [6, 6.07) is 6.21. The molecule has 0 amide bonds. The highest BCUT2D eigenvalue weighted by molar-refractivity contribution is 7.89. The van der Waals surface area contributed by atoms with Gasteiger partial charge in [0.05, 0.1) is 11.0 Å². The lowest BCUT2D eigenvalue weighted by molar-refractivity contribution is 0.164. The molecule has 1 rings (SSSR count). The Hall–Kier alpha value is -0.950. The minimum Gasteiger partial charge on any atom is -0.392 e. The number of hydrogen-bond acceptors (Lipinski definition) is 4. The number of benzene rings is 1. The highest BCUT2D eigenvalue weighted by Crippen LogP contribution is 2.13. The van der Waals surface area contributed by atoms with Gasteiger partial charge in [0, 0.05) is 12.6 Å². The zero-order valence-corrected chi connectivity index (χ0v) is 13.0. The van der Waals surface area contributed by atoms with Crippen molar-refractivity contribution in [3.05, 3.63) is 29.8 Å². The zero-order chi connectivity index (χ0) is 15.3. The second kappa shape index (κ2) is 7.17. The van der Waals surface area contributed by atoms with Crippen molar-refractivity contribution in [3.8, 4) is 0 Å². The molecule has 2 atom stereocenters. The average molecular weight is 300 g/mol. The molecule has 6 heteroatoms. The lowest BCUT2D eigenvalue weighted by Gasteiger charge is -2.15. The molecule has 1 aromatic rings. The van der Waals surface area contributed by atoms with E-state index in [1.54, 1.807) is 12.1 Å². The number of nitrogens with one attached hydrogen (secondary N) is 1. The average Bonchev–Trinajstić information content (AvgIpc) is 2.35. The first kappa shape index (κ1) is 17.1. The summed E-state index contributed by atoms with van der Waals surface area (Å²) >= 11 is 0. The van der Waals surface area contributed by atoms with Crippen molar-refractivity contribution in [2.75, 3.05) is 6.54 Å². The van der Waals surface area contributed by atoms with E-state index in [1.807, 2.05) is 12.1 Å². The molecule has 0 aromatic heterocycles. The molecule has 0 spiro atoms. The highest BCUT2D eigenvalue weighted by atomic mass is 32.2. The maximum Gasteiger partial charge on any atom is 0.240 e. The molecule has 20 heavy (non-hydrogen) atoms. The van der Waals surface area contributed by atoms with E-state index in [2.05, 4.69) is 18.6 Å². The van der Waals surface area contributed by atoms with Gasteiger partial charge in [0.25, 0.3) is 0 Å². The van der Waals surface area contributed by atoms with Gasteiger partial charge < -0.3 is 10.8 Å². The monoisotopic (exact) mass is 300 g/mol. The van der Waals surface area contributed by atoms with E-state index in [9.17, 15) is 13.5 Å². The third-order valence-electron chi connectivity index (χ3n) is 3.01. The Morgan fingerprint density at radius 1 is 1.20 bits per heavy atom. The van der Waals surface area contributed by atoms with Gasteiger partial charge in [-0.2, -0.15) is 0 Å². The Labute approximate surface area is 121 Å². The number of aliphatic hydroxyl groups excluding tert-OH is 1. The SMILES string of the molecule is CC(C)Cc1ccc(S(=O)(=O)NCC(N)C(C)O)cc1. The number of hydrogen-bond donors (Lipinski definition) is 3. The normalized spacial score (nSPS) is 15.3. The molecule has 0 aliphatic rings. The third-order valence-corrected chi connectivity index (χ3v) is 4.45. The van der Waals surface area contributed by atoms with Crippen molar-refractivity contribution in [1.29, 1.82) is 0 Å². The first-order valence-electron chi connectivity index (χ1n) is 6.74. The summed E-state index contributed by atoms with van der Waals surface area (Å²) in [5.74, 6) is 0.527. The molecule has 0 radical (unpaired) electrons. The van der Waals surface area contributed by atoms with Crippen LogP contribution in [0.15, 0.2) is 29.2 Å². The van der Waals surface area contributed by atoms with Gasteiger partial charge in [-0.1, -0.05) is 26.0 Å². The molecule has 1 aromatic carbocycles. The van der Waals surface area contributed by atoms with Crippen molar-refractivity contribution < 1.29 is 13.5 Å². The number of sulfonamides is 1. The fourth-order valence-electron chi connectivity index (χ4n) is 1.74. The summed E-state index contributed by atoms with van der Waals surface area (Å²) in [4.78, 5) is 0.211. The summed E-state index contributed by atoms with van der Waals surface area (Å²) in [5.41, 5.74) is 6.71. The molecular weight excluding hydrogens is 276 g/mol. The topological polar surface area (TPSA) is 92.4 Å². The molecule has 4 N–H and O–H groups in total. The Balaban J connectivity index is 2.73. The van der Waals surface area contributed by atoms with Crippen LogP contribution in [0.1, 0.15) is 26.3 Å². The van der Waals surface area contributed by atoms with E-state index in [0.717, 1.165) is 12.0 Å². The van der Waals surface area contributed by atoms with Crippen molar-refractivity contribution in [2.24, 2.45) is 11.7 Å². The van der Waals surface area contributed by atoms with Crippen LogP contribution in [0.25, 0.3) is 0 Å². The van der Waals surface area contributed by atoms with Gasteiger partial charge in [0.1, 0.15) is 0 Å². The zero-order valence-electron chi connectivity index (χ0n) is 12.2. The predicted octanol–water partition coefficient (Wildman–Crippen LogP) is 0.872. The number of aliphatic hydroxyl groups is 1.